The molecule has 1 aromatic carbocycles. The molecule has 6 nitrogen and oxygen atoms in total. The standard InChI is InChI=1S/C17H17Cl2N3O3/c1-10-6-15(21-25-10)20-16(23)9-22(8-11-2-3-11)17(24)13-5-4-12(18)7-14(13)19/h4-7,11H,2-3,8-9H2,1H3,(H,20,21,23). The van der Waals surface area contributed by atoms with Crippen LogP contribution in [-0.2, 0) is 4.79 Å². The highest BCUT2D eigenvalue weighted by Crippen LogP contribution is 2.31. The number of aryl methyl sites for hydroxylation is 1. The Kier molecular flexibility index (Phi) is 5.30. The van der Waals surface area contributed by atoms with Crippen molar-refractivity contribution >= 4 is 40.8 Å². The highest BCUT2D eigenvalue weighted by molar-refractivity contribution is 6.36. The van der Waals surface area contributed by atoms with Gasteiger partial charge in [-0.25, -0.2) is 0 Å². The molecule has 0 saturated heterocycles. The Morgan fingerprint density at radius 2 is 2.08 bits per heavy atom. The number of halogens is 2. The van der Waals surface area contributed by atoms with E-state index in [4.69, 9.17) is 27.7 Å². The highest BCUT2D eigenvalue weighted by Gasteiger charge is 2.29. The highest BCUT2D eigenvalue weighted by atomic mass is 35.5. The van der Waals surface area contributed by atoms with Gasteiger partial charge in [0.2, 0.25) is 5.91 Å². The van der Waals surface area contributed by atoms with Crippen LogP contribution < -0.4 is 5.32 Å². The van der Waals surface area contributed by atoms with Gasteiger partial charge in [-0.05, 0) is 43.9 Å². The van der Waals surface area contributed by atoms with Gasteiger partial charge in [0, 0.05) is 17.6 Å². The predicted octanol–water partition coefficient (Wildman–Crippen LogP) is 3.78. The molecular formula is C17H17Cl2N3O3. The number of benzene rings is 1. The Labute approximate surface area is 155 Å². The molecule has 132 valence electrons. The van der Waals surface area contributed by atoms with Crippen molar-refractivity contribution in [2.24, 2.45) is 5.92 Å². The van der Waals surface area contributed by atoms with Crippen LogP contribution in [0.5, 0.6) is 0 Å². The SMILES string of the molecule is Cc1cc(NC(=O)CN(CC2CC2)C(=O)c2ccc(Cl)cc2Cl)no1. The van der Waals surface area contributed by atoms with E-state index in [1.165, 1.54) is 11.0 Å². The van der Waals surface area contributed by atoms with Gasteiger partial charge in [0.15, 0.2) is 5.82 Å². The zero-order chi connectivity index (χ0) is 18.0. The van der Waals surface area contributed by atoms with Crippen LogP contribution >= 0.6 is 23.2 Å². The van der Waals surface area contributed by atoms with Gasteiger partial charge in [-0.1, -0.05) is 28.4 Å². The Morgan fingerprint density at radius 1 is 1.32 bits per heavy atom. The van der Waals surface area contributed by atoms with Crippen molar-refractivity contribution in [2.75, 3.05) is 18.4 Å². The number of amides is 2. The van der Waals surface area contributed by atoms with Crippen LogP contribution in [0.4, 0.5) is 5.82 Å². The summed E-state index contributed by atoms with van der Waals surface area (Å²) in [6.45, 7) is 2.16. The second-order valence-electron chi connectivity index (χ2n) is 6.12. The fourth-order valence-corrected chi connectivity index (χ4v) is 2.93. The molecule has 25 heavy (non-hydrogen) atoms. The quantitative estimate of drug-likeness (QED) is 0.825. The van der Waals surface area contributed by atoms with E-state index >= 15 is 0 Å². The normalized spacial score (nSPS) is 13.6. The van der Waals surface area contributed by atoms with Crippen molar-refractivity contribution in [1.29, 1.82) is 0 Å². The molecule has 0 radical (unpaired) electrons. The molecule has 1 N–H and O–H groups in total. The molecule has 8 heteroatoms. The van der Waals surface area contributed by atoms with Crippen LogP contribution in [0, 0.1) is 12.8 Å². The lowest BCUT2D eigenvalue weighted by Gasteiger charge is -2.22. The van der Waals surface area contributed by atoms with E-state index < -0.39 is 0 Å². The second kappa shape index (κ2) is 7.45. The molecule has 2 aromatic rings. The van der Waals surface area contributed by atoms with E-state index in [2.05, 4.69) is 10.5 Å². The van der Waals surface area contributed by atoms with Crippen LogP contribution in [0.3, 0.4) is 0 Å². The molecule has 0 unspecified atom stereocenters. The average molecular weight is 382 g/mol. The second-order valence-corrected chi connectivity index (χ2v) is 6.97. The molecule has 0 spiro atoms. The zero-order valence-corrected chi connectivity index (χ0v) is 15.1. The van der Waals surface area contributed by atoms with E-state index in [1.807, 2.05) is 0 Å². The molecule has 3 rings (SSSR count). The number of nitrogens with one attached hydrogen (secondary N) is 1. The molecule has 2 amide bonds. The third-order valence-corrected chi connectivity index (χ3v) is 4.40. The van der Waals surface area contributed by atoms with E-state index in [0.29, 0.717) is 34.6 Å². The molecule has 1 aliphatic carbocycles. The van der Waals surface area contributed by atoms with Gasteiger partial charge in [-0.3, -0.25) is 9.59 Å². The van der Waals surface area contributed by atoms with Crippen LogP contribution in [0.1, 0.15) is 29.0 Å². The van der Waals surface area contributed by atoms with Gasteiger partial charge in [0.05, 0.1) is 10.6 Å². The molecule has 1 aromatic heterocycles. The minimum atomic E-state index is -0.340. The Hall–Kier alpha value is -2.05. The molecule has 1 saturated carbocycles. The number of hydrogen-bond acceptors (Lipinski definition) is 4. The van der Waals surface area contributed by atoms with Gasteiger partial charge in [-0.15, -0.1) is 0 Å². The summed E-state index contributed by atoms with van der Waals surface area (Å²) in [5, 5.41) is 7.06. The number of anilines is 1. The monoisotopic (exact) mass is 381 g/mol. The predicted molar refractivity (Wildman–Crippen MR) is 95.0 cm³/mol. The maximum absolute atomic E-state index is 12.8. The topological polar surface area (TPSA) is 75.4 Å². The molecule has 0 atom stereocenters. The molecule has 1 fully saturated rings. The number of carbonyl (C=O) groups is 2. The lowest BCUT2D eigenvalue weighted by Crippen LogP contribution is -2.39. The first-order valence-corrected chi connectivity index (χ1v) is 8.65. The van der Waals surface area contributed by atoms with Gasteiger partial charge >= 0.3 is 0 Å². The van der Waals surface area contributed by atoms with E-state index in [1.54, 1.807) is 25.1 Å². The number of aromatic nitrogens is 1. The van der Waals surface area contributed by atoms with E-state index in [-0.39, 0.29) is 23.4 Å². The van der Waals surface area contributed by atoms with Crippen LogP contribution in [0.15, 0.2) is 28.8 Å². The summed E-state index contributed by atoms with van der Waals surface area (Å²) in [5.74, 6) is 0.713. The average Bonchev–Trinajstić information content (AvgIpc) is 3.27. The molecular weight excluding hydrogens is 365 g/mol. The third-order valence-electron chi connectivity index (χ3n) is 3.85. The first-order chi connectivity index (χ1) is 11.9. The molecule has 1 heterocycles. The third kappa shape index (κ3) is 4.74. The van der Waals surface area contributed by atoms with Crippen molar-refractivity contribution in [1.82, 2.24) is 10.1 Å². The molecule has 1 aliphatic rings. The summed E-state index contributed by atoms with van der Waals surface area (Å²) in [7, 11) is 0. The summed E-state index contributed by atoms with van der Waals surface area (Å²) in [6.07, 6.45) is 2.12. The smallest absolute Gasteiger partial charge is 0.255 e. The summed E-state index contributed by atoms with van der Waals surface area (Å²) in [6, 6.07) is 6.31. The maximum atomic E-state index is 12.8. The van der Waals surface area contributed by atoms with Gasteiger partial charge in [-0.2, -0.15) is 0 Å². The van der Waals surface area contributed by atoms with Gasteiger partial charge < -0.3 is 14.7 Å². The largest absolute Gasteiger partial charge is 0.360 e. The van der Waals surface area contributed by atoms with Crippen molar-refractivity contribution in [3.63, 3.8) is 0 Å². The summed E-state index contributed by atoms with van der Waals surface area (Å²) in [5.41, 5.74) is 0.330. The van der Waals surface area contributed by atoms with Crippen LogP contribution in [0.25, 0.3) is 0 Å². The summed E-state index contributed by atoms with van der Waals surface area (Å²) < 4.78 is 4.91. The number of rotatable bonds is 6. The first kappa shape index (κ1) is 17.8. The number of carbonyl (C=O) groups excluding carboxylic acids is 2. The Bertz CT molecular complexity index is 802. The van der Waals surface area contributed by atoms with Crippen molar-refractivity contribution in [2.45, 2.75) is 19.8 Å². The summed E-state index contributed by atoms with van der Waals surface area (Å²) >= 11 is 12.0. The summed E-state index contributed by atoms with van der Waals surface area (Å²) in [4.78, 5) is 26.6. The fourth-order valence-electron chi connectivity index (χ4n) is 2.45. The van der Waals surface area contributed by atoms with Crippen LogP contribution in [0.2, 0.25) is 10.0 Å². The van der Waals surface area contributed by atoms with E-state index in [0.717, 1.165) is 12.8 Å². The first-order valence-electron chi connectivity index (χ1n) is 7.90. The van der Waals surface area contributed by atoms with Gasteiger partial charge in [0.25, 0.3) is 5.91 Å². The van der Waals surface area contributed by atoms with Gasteiger partial charge in [0.1, 0.15) is 12.3 Å². The molecule has 0 aliphatic heterocycles. The Morgan fingerprint density at radius 3 is 2.68 bits per heavy atom. The van der Waals surface area contributed by atoms with Crippen molar-refractivity contribution in [3.05, 3.63) is 45.6 Å². The number of hydrogen-bond donors (Lipinski definition) is 1. The maximum Gasteiger partial charge on any atom is 0.255 e. The number of nitrogens with zero attached hydrogens (tertiary/aromatic N) is 2. The molecule has 0 bridgehead atoms. The van der Waals surface area contributed by atoms with Crippen LogP contribution in [-0.4, -0.2) is 35.0 Å². The lowest BCUT2D eigenvalue weighted by atomic mass is 10.2. The zero-order valence-electron chi connectivity index (χ0n) is 13.6. The fraction of sp³-hybridized carbons (Fsp3) is 0.353. The van der Waals surface area contributed by atoms with Crippen molar-refractivity contribution < 1.29 is 14.1 Å². The van der Waals surface area contributed by atoms with Crippen molar-refractivity contribution in [3.8, 4) is 0 Å². The lowest BCUT2D eigenvalue weighted by molar-refractivity contribution is -0.117. The minimum Gasteiger partial charge on any atom is -0.360 e. The minimum absolute atomic E-state index is 0.0831. The van der Waals surface area contributed by atoms with E-state index in [9.17, 15) is 9.59 Å². The Balaban J connectivity index is 1.72.